The number of pyridine rings is 1. The Bertz CT molecular complexity index is 680. The van der Waals surface area contributed by atoms with E-state index in [1.165, 1.54) is 0 Å². The van der Waals surface area contributed by atoms with Crippen LogP contribution in [0.2, 0.25) is 5.02 Å². The highest BCUT2D eigenvalue weighted by atomic mass is 79.9. The lowest BCUT2D eigenvalue weighted by Gasteiger charge is -2.17. The maximum atomic E-state index is 11.8. The Morgan fingerprint density at radius 2 is 2.15 bits per heavy atom. The average Bonchev–Trinajstić information content (AvgIpc) is 2.58. The number of halogens is 2. The summed E-state index contributed by atoms with van der Waals surface area (Å²) in [7, 11) is 0. The van der Waals surface area contributed by atoms with E-state index < -0.39 is 0 Å². The molecule has 1 atom stereocenters. The molecule has 0 saturated heterocycles. The third-order valence-corrected chi connectivity index (χ3v) is 5.19. The summed E-state index contributed by atoms with van der Waals surface area (Å²) in [5.74, 6) is 0.936. The lowest BCUT2D eigenvalue weighted by atomic mass is 10.0. The lowest BCUT2D eigenvalue weighted by molar-refractivity contribution is -0.113. The van der Waals surface area contributed by atoms with E-state index in [4.69, 9.17) is 11.6 Å². The highest BCUT2D eigenvalue weighted by molar-refractivity contribution is 9.10. The van der Waals surface area contributed by atoms with Crippen molar-refractivity contribution in [2.24, 2.45) is 0 Å². The molecule has 1 aliphatic heterocycles. The quantitative estimate of drug-likeness (QED) is 0.816. The highest BCUT2D eigenvalue weighted by Gasteiger charge is 2.26. The molecular formula is C14H10BrClN2OS. The van der Waals surface area contributed by atoms with Crippen molar-refractivity contribution in [1.82, 2.24) is 4.98 Å². The predicted octanol–water partition coefficient (Wildman–Crippen LogP) is 4.27. The Kier molecular flexibility index (Phi) is 4.01. The molecule has 2 heterocycles. The van der Waals surface area contributed by atoms with Crippen LogP contribution >= 0.6 is 39.3 Å². The van der Waals surface area contributed by atoms with Crippen LogP contribution in [0.15, 0.2) is 41.0 Å². The van der Waals surface area contributed by atoms with Gasteiger partial charge in [0.15, 0.2) is 0 Å². The molecule has 0 spiro atoms. The van der Waals surface area contributed by atoms with E-state index in [9.17, 15) is 4.79 Å². The number of nitrogens with zero attached hydrogens (tertiary/aromatic N) is 1. The summed E-state index contributed by atoms with van der Waals surface area (Å²) in [6, 6.07) is 9.86. The number of nitrogens with one attached hydrogen (secondary N) is 1. The van der Waals surface area contributed by atoms with E-state index in [-0.39, 0.29) is 11.2 Å². The van der Waals surface area contributed by atoms with Crippen LogP contribution in [0.1, 0.15) is 16.4 Å². The van der Waals surface area contributed by atoms with Crippen molar-refractivity contribution in [3.63, 3.8) is 0 Å². The van der Waals surface area contributed by atoms with Gasteiger partial charge in [0.2, 0.25) is 5.91 Å². The summed E-state index contributed by atoms with van der Waals surface area (Å²) in [5.41, 5.74) is 2.04. The van der Waals surface area contributed by atoms with Crippen molar-refractivity contribution >= 4 is 51.0 Å². The van der Waals surface area contributed by atoms with E-state index >= 15 is 0 Å². The Hall–Kier alpha value is -1.04. The fourth-order valence-electron chi connectivity index (χ4n) is 2.12. The minimum Gasteiger partial charge on any atom is -0.310 e. The SMILES string of the molecule is O=C1CSC(c2ccccc2Br)c2cc(Cl)cnc2N1. The zero-order valence-electron chi connectivity index (χ0n) is 10.3. The Morgan fingerprint density at radius 3 is 2.95 bits per heavy atom. The summed E-state index contributed by atoms with van der Waals surface area (Å²) in [5, 5.41) is 3.41. The summed E-state index contributed by atoms with van der Waals surface area (Å²) >= 11 is 11.2. The number of thioether (sulfide) groups is 1. The molecule has 1 aromatic heterocycles. The molecule has 1 N–H and O–H groups in total. The largest absolute Gasteiger partial charge is 0.310 e. The molecule has 6 heteroatoms. The van der Waals surface area contributed by atoms with E-state index in [0.717, 1.165) is 15.6 Å². The second kappa shape index (κ2) is 5.76. The second-order valence-corrected chi connectivity index (χ2v) is 6.74. The molecule has 0 bridgehead atoms. The van der Waals surface area contributed by atoms with Crippen LogP contribution < -0.4 is 5.32 Å². The van der Waals surface area contributed by atoms with Gasteiger partial charge < -0.3 is 5.32 Å². The Labute approximate surface area is 134 Å². The van der Waals surface area contributed by atoms with Crippen LogP contribution in [0.4, 0.5) is 5.82 Å². The average molecular weight is 370 g/mol. The van der Waals surface area contributed by atoms with E-state index in [0.29, 0.717) is 16.6 Å². The van der Waals surface area contributed by atoms with Crippen LogP contribution in [-0.4, -0.2) is 16.6 Å². The van der Waals surface area contributed by atoms with Crippen molar-refractivity contribution in [2.45, 2.75) is 5.25 Å². The number of fused-ring (bicyclic) bond motifs is 1. The first kappa shape index (κ1) is 13.9. The molecule has 0 radical (unpaired) electrons. The number of carbonyl (C=O) groups excluding carboxylic acids is 1. The van der Waals surface area contributed by atoms with Crippen molar-refractivity contribution in [2.75, 3.05) is 11.1 Å². The van der Waals surface area contributed by atoms with Gasteiger partial charge in [0, 0.05) is 16.2 Å². The number of aromatic nitrogens is 1. The van der Waals surface area contributed by atoms with E-state index in [1.54, 1.807) is 18.0 Å². The van der Waals surface area contributed by atoms with Crippen LogP contribution in [0, 0.1) is 0 Å². The molecule has 3 nitrogen and oxygen atoms in total. The minimum atomic E-state index is -0.0411. The minimum absolute atomic E-state index is 0.0192. The van der Waals surface area contributed by atoms with Gasteiger partial charge in [-0.05, 0) is 17.7 Å². The fourth-order valence-corrected chi connectivity index (χ4v) is 4.09. The second-order valence-electron chi connectivity index (χ2n) is 4.35. The van der Waals surface area contributed by atoms with Crippen molar-refractivity contribution in [3.8, 4) is 0 Å². The fraction of sp³-hybridized carbons (Fsp3) is 0.143. The molecule has 0 fully saturated rings. The number of amides is 1. The number of hydrogen-bond donors (Lipinski definition) is 1. The monoisotopic (exact) mass is 368 g/mol. The Balaban J connectivity index is 2.15. The summed E-state index contributed by atoms with van der Waals surface area (Å²) in [4.78, 5) is 16.0. The molecular weight excluding hydrogens is 360 g/mol. The molecule has 1 amide bonds. The third kappa shape index (κ3) is 2.71. The summed E-state index contributed by atoms with van der Waals surface area (Å²) in [6.07, 6.45) is 1.55. The molecule has 0 saturated carbocycles. The zero-order valence-corrected chi connectivity index (χ0v) is 13.4. The summed E-state index contributed by atoms with van der Waals surface area (Å²) < 4.78 is 1.01. The van der Waals surface area contributed by atoms with Gasteiger partial charge in [0.05, 0.1) is 16.0 Å². The topological polar surface area (TPSA) is 42.0 Å². The van der Waals surface area contributed by atoms with Crippen LogP contribution in [0.5, 0.6) is 0 Å². The molecule has 102 valence electrons. The van der Waals surface area contributed by atoms with Crippen LogP contribution in [0.3, 0.4) is 0 Å². The molecule has 20 heavy (non-hydrogen) atoms. The lowest BCUT2D eigenvalue weighted by Crippen LogP contribution is -2.13. The maximum Gasteiger partial charge on any atom is 0.235 e. The molecule has 1 aromatic carbocycles. The van der Waals surface area contributed by atoms with Crippen LogP contribution in [-0.2, 0) is 4.79 Å². The van der Waals surface area contributed by atoms with Gasteiger partial charge in [-0.15, -0.1) is 11.8 Å². The van der Waals surface area contributed by atoms with Crippen LogP contribution in [0.25, 0.3) is 0 Å². The van der Waals surface area contributed by atoms with Gasteiger partial charge in [0.1, 0.15) is 5.82 Å². The maximum absolute atomic E-state index is 11.8. The van der Waals surface area contributed by atoms with Crippen molar-refractivity contribution in [3.05, 3.63) is 57.2 Å². The van der Waals surface area contributed by atoms with Crippen molar-refractivity contribution in [1.29, 1.82) is 0 Å². The summed E-state index contributed by atoms with van der Waals surface area (Å²) in [6.45, 7) is 0. The molecule has 2 aromatic rings. The molecule has 1 aliphatic rings. The molecule has 1 unspecified atom stereocenters. The number of benzene rings is 1. The smallest absolute Gasteiger partial charge is 0.235 e. The van der Waals surface area contributed by atoms with Crippen molar-refractivity contribution < 1.29 is 4.79 Å². The third-order valence-electron chi connectivity index (χ3n) is 2.99. The predicted molar refractivity (Wildman–Crippen MR) is 86.3 cm³/mol. The normalized spacial score (nSPS) is 18.1. The van der Waals surface area contributed by atoms with E-state index in [2.05, 4.69) is 26.2 Å². The number of hydrogen-bond acceptors (Lipinski definition) is 3. The van der Waals surface area contributed by atoms with Gasteiger partial charge in [0.25, 0.3) is 0 Å². The zero-order chi connectivity index (χ0) is 14.1. The van der Waals surface area contributed by atoms with Gasteiger partial charge in [-0.2, -0.15) is 0 Å². The number of rotatable bonds is 1. The highest BCUT2D eigenvalue weighted by Crippen LogP contribution is 2.43. The van der Waals surface area contributed by atoms with Gasteiger partial charge in [-0.1, -0.05) is 45.7 Å². The van der Waals surface area contributed by atoms with Gasteiger partial charge in [-0.3, -0.25) is 4.79 Å². The first-order valence-electron chi connectivity index (χ1n) is 5.96. The molecule has 3 rings (SSSR count). The standard InChI is InChI=1S/C14H10BrClN2OS/c15-11-4-2-1-3-9(11)13-10-5-8(16)6-17-14(10)18-12(19)7-20-13/h1-6,13H,7H2,(H,17,18,19). The number of carbonyl (C=O) groups is 1. The first-order chi connectivity index (χ1) is 9.65. The molecule has 0 aliphatic carbocycles. The van der Waals surface area contributed by atoms with Gasteiger partial charge in [-0.25, -0.2) is 4.98 Å². The first-order valence-corrected chi connectivity index (χ1v) is 8.18. The number of anilines is 1. The van der Waals surface area contributed by atoms with E-state index in [1.807, 2.05) is 30.3 Å². The van der Waals surface area contributed by atoms with Gasteiger partial charge >= 0.3 is 0 Å². The Morgan fingerprint density at radius 1 is 1.35 bits per heavy atom.